The second-order valence-electron chi connectivity index (χ2n) is 4.68. The smallest absolute Gasteiger partial charge is 0.237 e. The molecule has 0 spiro atoms. The largest absolute Gasteiger partial charge is 0.507 e. The molecular formula is C16H15NO2S. The summed E-state index contributed by atoms with van der Waals surface area (Å²) in [5, 5.41) is 9.70. The zero-order valence-electron chi connectivity index (χ0n) is 11.0. The van der Waals surface area contributed by atoms with Gasteiger partial charge in [-0.2, -0.15) is 0 Å². The summed E-state index contributed by atoms with van der Waals surface area (Å²) in [6.45, 7) is 0.750. The van der Waals surface area contributed by atoms with Crippen molar-refractivity contribution in [3.63, 3.8) is 0 Å². The molecule has 2 aromatic rings. The first-order valence-electron chi connectivity index (χ1n) is 6.55. The van der Waals surface area contributed by atoms with Crippen LogP contribution in [0, 0.1) is 0 Å². The van der Waals surface area contributed by atoms with Gasteiger partial charge in [-0.1, -0.05) is 30.3 Å². The maximum absolute atomic E-state index is 12.3. The number of para-hydroxylation sites is 2. The first-order valence-corrected chi connectivity index (χ1v) is 7.53. The number of hydrogen-bond donors (Lipinski definition) is 1. The Morgan fingerprint density at radius 2 is 1.90 bits per heavy atom. The average Bonchev–Trinajstić information content (AvgIpc) is 2.90. The molecule has 3 rings (SSSR count). The highest BCUT2D eigenvalue weighted by Gasteiger charge is 2.23. The van der Waals surface area contributed by atoms with Crippen molar-refractivity contribution < 1.29 is 9.90 Å². The van der Waals surface area contributed by atoms with Crippen LogP contribution in [0.15, 0.2) is 53.4 Å². The molecule has 0 saturated carbocycles. The van der Waals surface area contributed by atoms with Crippen molar-refractivity contribution >= 4 is 23.4 Å². The predicted molar refractivity (Wildman–Crippen MR) is 81.3 cm³/mol. The third kappa shape index (κ3) is 2.51. The van der Waals surface area contributed by atoms with Crippen LogP contribution < -0.4 is 4.90 Å². The van der Waals surface area contributed by atoms with Gasteiger partial charge < -0.3 is 10.0 Å². The number of hydrogen-bond acceptors (Lipinski definition) is 3. The lowest BCUT2D eigenvalue weighted by Gasteiger charge is -2.17. The number of fused-ring (bicyclic) bond motifs is 1. The third-order valence-electron chi connectivity index (χ3n) is 3.40. The fraction of sp³-hybridized carbons (Fsp3) is 0.188. The van der Waals surface area contributed by atoms with Gasteiger partial charge in [0.15, 0.2) is 0 Å². The monoisotopic (exact) mass is 285 g/mol. The molecule has 0 unspecified atom stereocenters. The van der Waals surface area contributed by atoms with Crippen LogP contribution in [-0.2, 0) is 11.2 Å². The quantitative estimate of drug-likeness (QED) is 0.881. The van der Waals surface area contributed by atoms with E-state index in [-0.39, 0.29) is 11.7 Å². The Hall–Kier alpha value is -1.94. The van der Waals surface area contributed by atoms with E-state index in [9.17, 15) is 9.90 Å². The molecule has 102 valence electrons. The molecule has 0 fully saturated rings. The maximum atomic E-state index is 12.3. The lowest BCUT2D eigenvalue weighted by atomic mass is 10.2. The molecule has 2 aromatic carbocycles. The number of benzene rings is 2. The number of thioether (sulfide) groups is 1. The van der Waals surface area contributed by atoms with E-state index in [0.717, 1.165) is 23.5 Å². The minimum atomic E-state index is 0.0863. The Bertz CT molecular complexity index is 642. The summed E-state index contributed by atoms with van der Waals surface area (Å²) in [6, 6.07) is 15.1. The Balaban J connectivity index is 1.68. The van der Waals surface area contributed by atoms with Gasteiger partial charge in [0.2, 0.25) is 5.91 Å². The van der Waals surface area contributed by atoms with Crippen LogP contribution in [-0.4, -0.2) is 23.3 Å². The van der Waals surface area contributed by atoms with Crippen LogP contribution in [0.5, 0.6) is 5.75 Å². The Morgan fingerprint density at radius 3 is 2.75 bits per heavy atom. The van der Waals surface area contributed by atoms with E-state index < -0.39 is 0 Å². The number of carbonyl (C=O) groups is 1. The van der Waals surface area contributed by atoms with Gasteiger partial charge in [-0.3, -0.25) is 4.79 Å². The van der Waals surface area contributed by atoms with Crippen LogP contribution in [0.4, 0.5) is 5.69 Å². The molecule has 20 heavy (non-hydrogen) atoms. The van der Waals surface area contributed by atoms with E-state index in [1.165, 1.54) is 17.3 Å². The van der Waals surface area contributed by atoms with E-state index in [0.29, 0.717) is 5.75 Å². The minimum Gasteiger partial charge on any atom is -0.507 e. The minimum absolute atomic E-state index is 0.0863. The summed E-state index contributed by atoms with van der Waals surface area (Å²) in [6.07, 6.45) is 0.920. The number of carbonyl (C=O) groups excluding carboxylic acids is 1. The number of phenols is 1. The average molecular weight is 285 g/mol. The molecule has 0 aromatic heterocycles. The molecule has 0 radical (unpaired) electrons. The van der Waals surface area contributed by atoms with Gasteiger partial charge in [-0.15, -0.1) is 11.8 Å². The molecule has 0 aliphatic carbocycles. The molecule has 0 bridgehead atoms. The van der Waals surface area contributed by atoms with Gasteiger partial charge in [-0.05, 0) is 30.2 Å². The van der Waals surface area contributed by atoms with Crippen molar-refractivity contribution in [1.82, 2.24) is 0 Å². The molecule has 1 amide bonds. The zero-order chi connectivity index (χ0) is 13.9. The second-order valence-corrected chi connectivity index (χ2v) is 5.70. The molecule has 1 N–H and O–H groups in total. The van der Waals surface area contributed by atoms with Gasteiger partial charge in [0.05, 0.1) is 5.75 Å². The van der Waals surface area contributed by atoms with E-state index in [1.807, 2.05) is 35.2 Å². The summed E-state index contributed by atoms with van der Waals surface area (Å²) in [7, 11) is 0. The number of rotatable bonds is 3. The molecule has 1 heterocycles. The molecule has 0 atom stereocenters. The van der Waals surface area contributed by atoms with Crippen molar-refractivity contribution in [3.05, 3.63) is 54.1 Å². The molecule has 1 aliphatic heterocycles. The van der Waals surface area contributed by atoms with Crippen molar-refractivity contribution in [1.29, 1.82) is 0 Å². The molecule has 1 aliphatic rings. The van der Waals surface area contributed by atoms with E-state index in [2.05, 4.69) is 6.07 Å². The zero-order valence-corrected chi connectivity index (χ0v) is 11.8. The van der Waals surface area contributed by atoms with Gasteiger partial charge >= 0.3 is 0 Å². The topological polar surface area (TPSA) is 40.5 Å². The Kier molecular flexibility index (Phi) is 3.65. The highest BCUT2D eigenvalue weighted by atomic mass is 32.2. The fourth-order valence-corrected chi connectivity index (χ4v) is 3.22. The number of aromatic hydroxyl groups is 1. The van der Waals surface area contributed by atoms with E-state index in [4.69, 9.17) is 0 Å². The third-order valence-corrected chi connectivity index (χ3v) is 4.45. The van der Waals surface area contributed by atoms with Gasteiger partial charge in [0.1, 0.15) is 5.75 Å². The Morgan fingerprint density at radius 1 is 1.15 bits per heavy atom. The molecule has 0 saturated heterocycles. The normalized spacial score (nSPS) is 13.3. The van der Waals surface area contributed by atoms with Gasteiger partial charge in [-0.25, -0.2) is 0 Å². The highest BCUT2D eigenvalue weighted by Crippen LogP contribution is 2.31. The first-order chi connectivity index (χ1) is 9.75. The number of anilines is 1. The van der Waals surface area contributed by atoms with Crippen molar-refractivity contribution in [2.24, 2.45) is 0 Å². The summed E-state index contributed by atoms with van der Waals surface area (Å²) < 4.78 is 0. The van der Waals surface area contributed by atoms with Crippen molar-refractivity contribution in [2.45, 2.75) is 11.3 Å². The van der Waals surface area contributed by atoms with E-state index >= 15 is 0 Å². The second kappa shape index (κ2) is 5.59. The maximum Gasteiger partial charge on any atom is 0.237 e. The molecule has 3 nitrogen and oxygen atoms in total. The highest BCUT2D eigenvalue weighted by molar-refractivity contribution is 8.00. The Labute approximate surface area is 122 Å². The van der Waals surface area contributed by atoms with Crippen molar-refractivity contribution in [3.8, 4) is 5.75 Å². The first kappa shape index (κ1) is 13.1. The lowest BCUT2D eigenvalue weighted by Crippen LogP contribution is -2.30. The summed E-state index contributed by atoms with van der Waals surface area (Å²) in [5.41, 5.74) is 2.25. The number of amides is 1. The van der Waals surface area contributed by atoms with Crippen LogP contribution in [0.25, 0.3) is 0 Å². The van der Waals surface area contributed by atoms with Crippen LogP contribution in [0.3, 0.4) is 0 Å². The molecule has 4 heteroatoms. The number of phenolic OH excluding ortho intramolecular Hbond substituents is 1. The van der Waals surface area contributed by atoms with E-state index in [1.54, 1.807) is 12.1 Å². The lowest BCUT2D eigenvalue weighted by molar-refractivity contribution is -0.116. The SMILES string of the molecule is O=C(CSc1ccccc1O)N1CCc2ccccc21. The van der Waals surface area contributed by atoms with Gasteiger partial charge in [0, 0.05) is 17.1 Å². The van der Waals surface area contributed by atoms with Crippen LogP contribution in [0.2, 0.25) is 0 Å². The summed E-state index contributed by atoms with van der Waals surface area (Å²) >= 11 is 1.38. The summed E-state index contributed by atoms with van der Waals surface area (Å²) in [5.74, 6) is 0.654. The summed E-state index contributed by atoms with van der Waals surface area (Å²) in [4.78, 5) is 14.9. The standard InChI is InChI=1S/C16H15NO2S/c18-14-7-3-4-8-15(14)20-11-16(19)17-10-9-12-5-1-2-6-13(12)17/h1-8,18H,9-11H2. The number of nitrogens with zero attached hydrogens (tertiary/aromatic N) is 1. The predicted octanol–water partition coefficient (Wildman–Crippen LogP) is 3.07. The van der Waals surface area contributed by atoms with Gasteiger partial charge in [0.25, 0.3) is 0 Å². The van der Waals surface area contributed by atoms with Crippen LogP contribution >= 0.6 is 11.8 Å². The molecular weight excluding hydrogens is 270 g/mol. The fourth-order valence-electron chi connectivity index (χ4n) is 2.39. The van der Waals surface area contributed by atoms with Crippen molar-refractivity contribution in [2.75, 3.05) is 17.2 Å². The van der Waals surface area contributed by atoms with Crippen LogP contribution in [0.1, 0.15) is 5.56 Å².